The van der Waals surface area contributed by atoms with Crippen LogP contribution in [0.1, 0.15) is 27.2 Å². The van der Waals surface area contributed by atoms with Crippen LogP contribution in [0.2, 0.25) is 0 Å². The van der Waals surface area contributed by atoms with Gasteiger partial charge in [0.1, 0.15) is 5.60 Å². The van der Waals surface area contributed by atoms with E-state index in [1.165, 1.54) is 5.69 Å². The highest BCUT2D eigenvalue weighted by molar-refractivity contribution is 9.10. The lowest BCUT2D eigenvalue weighted by Gasteiger charge is -2.27. The first-order chi connectivity index (χ1) is 9.85. The number of hydrogen-bond acceptors (Lipinski definition) is 3. The summed E-state index contributed by atoms with van der Waals surface area (Å²) in [5, 5.41) is 0. The molecule has 21 heavy (non-hydrogen) atoms. The first-order valence-electron chi connectivity index (χ1n) is 7.33. The Hall–Kier alpha value is -1.23. The van der Waals surface area contributed by atoms with Crippen LogP contribution in [0.4, 0.5) is 10.5 Å². The van der Waals surface area contributed by atoms with E-state index in [9.17, 15) is 4.79 Å². The number of rotatable bonds is 1. The van der Waals surface area contributed by atoms with Crippen LogP contribution in [-0.4, -0.2) is 42.8 Å². The fourth-order valence-corrected chi connectivity index (χ4v) is 2.74. The lowest BCUT2D eigenvalue weighted by atomic mass is 10.2. The number of anilines is 1. The SMILES string of the molecule is CC(C)(C)OC(=O)N1CCCN(c2cccc(Br)c2)CC1. The number of benzene rings is 1. The molecule has 0 N–H and O–H groups in total. The molecule has 1 aliphatic heterocycles. The van der Waals surface area contributed by atoms with E-state index in [1.54, 1.807) is 0 Å². The fourth-order valence-electron chi connectivity index (χ4n) is 2.36. The van der Waals surface area contributed by atoms with E-state index in [0.717, 1.165) is 30.5 Å². The van der Waals surface area contributed by atoms with Crippen molar-refractivity contribution in [2.24, 2.45) is 0 Å². The Kier molecular flexibility index (Phi) is 5.14. The molecule has 2 rings (SSSR count). The molecule has 0 unspecified atom stereocenters. The zero-order valence-electron chi connectivity index (χ0n) is 12.9. The zero-order chi connectivity index (χ0) is 15.5. The number of hydrogen-bond donors (Lipinski definition) is 0. The molecule has 1 amide bonds. The number of carbonyl (C=O) groups is 1. The molecule has 1 aromatic rings. The van der Waals surface area contributed by atoms with E-state index in [0.29, 0.717) is 6.54 Å². The second-order valence-corrected chi connectivity index (χ2v) is 7.20. The minimum Gasteiger partial charge on any atom is -0.444 e. The average Bonchev–Trinajstić information content (AvgIpc) is 2.62. The maximum absolute atomic E-state index is 12.1. The van der Waals surface area contributed by atoms with Crippen LogP contribution < -0.4 is 4.90 Å². The molecule has 0 atom stereocenters. The number of ether oxygens (including phenoxy) is 1. The van der Waals surface area contributed by atoms with Gasteiger partial charge in [-0.25, -0.2) is 4.79 Å². The summed E-state index contributed by atoms with van der Waals surface area (Å²) in [6.07, 6.45) is 0.741. The van der Waals surface area contributed by atoms with Crippen molar-refractivity contribution in [2.75, 3.05) is 31.1 Å². The first-order valence-corrected chi connectivity index (χ1v) is 8.13. The summed E-state index contributed by atoms with van der Waals surface area (Å²) in [5.41, 5.74) is 0.753. The topological polar surface area (TPSA) is 32.8 Å². The van der Waals surface area contributed by atoms with Gasteiger partial charge in [0, 0.05) is 36.3 Å². The minimum absolute atomic E-state index is 0.210. The predicted octanol–water partition coefficient (Wildman–Crippen LogP) is 3.90. The molecule has 0 aromatic heterocycles. The monoisotopic (exact) mass is 354 g/mol. The molecule has 0 saturated carbocycles. The number of halogens is 1. The maximum Gasteiger partial charge on any atom is 0.410 e. The highest BCUT2D eigenvalue weighted by Crippen LogP contribution is 2.21. The van der Waals surface area contributed by atoms with E-state index < -0.39 is 5.60 Å². The lowest BCUT2D eigenvalue weighted by Crippen LogP contribution is -2.39. The van der Waals surface area contributed by atoms with Crippen molar-refractivity contribution in [3.05, 3.63) is 28.7 Å². The lowest BCUT2D eigenvalue weighted by molar-refractivity contribution is 0.0263. The van der Waals surface area contributed by atoms with Gasteiger partial charge < -0.3 is 14.5 Å². The first kappa shape index (κ1) is 16.1. The molecule has 4 nitrogen and oxygen atoms in total. The summed E-state index contributed by atoms with van der Waals surface area (Å²) >= 11 is 3.51. The average molecular weight is 355 g/mol. The predicted molar refractivity (Wildman–Crippen MR) is 88.8 cm³/mol. The van der Waals surface area contributed by atoms with Gasteiger partial charge >= 0.3 is 6.09 Å². The third-order valence-electron chi connectivity index (χ3n) is 3.32. The van der Waals surface area contributed by atoms with E-state index in [1.807, 2.05) is 37.8 Å². The van der Waals surface area contributed by atoms with Crippen molar-refractivity contribution in [2.45, 2.75) is 32.8 Å². The van der Waals surface area contributed by atoms with E-state index >= 15 is 0 Å². The van der Waals surface area contributed by atoms with Crippen molar-refractivity contribution in [1.29, 1.82) is 0 Å². The summed E-state index contributed by atoms with van der Waals surface area (Å²) < 4.78 is 6.53. The zero-order valence-corrected chi connectivity index (χ0v) is 14.5. The van der Waals surface area contributed by atoms with Crippen LogP contribution in [-0.2, 0) is 4.74 Å². The second kappa shape index (κ2) is 6.69. The summed E-state index contributed by atoms with van der Waals surface area (Å²) in [6, 6.07) is 8.28. The molecular formula is C16H23BrN2O2. The molecule has 1 fully saturated rings. The largest absolute Gasteiger partial charge is 0.444 e. The molecule has 5 heteroatoms. The maximum atomic E-state index is 12.1. The van der Waals surface area contributed by atoms with Crippen molar-refractivity contribution in [3.8, 4) is 0 Å². The molecule has 1 aliphatic rings. The van der Waals surface area contributed by atoms with Gasteiger partial charge in [-0.2, -0.15) is 0 Å². The van der Waals surface area contributed by atoms with Crippen LogP contribution in [0.15, 0.2) is 28.7 Å². The van der Waals surface area contributed by atoms with Crippen molar-refractivity contribution < 1.29 is 9.53 Å². The van der Waals surface area contributed by atoms with Gasteiger partial charge in [-0.3, -0.25) is 0 Å². The highest BCUT2D eigenvalue weighted by Gasteiger charge is 2.24. The fraction of sp³-hybridized carbons (Fsp3) is 0.562. The van der Waals surface area contributed by atoms with E-state index in [-0.39, 0.29) is 6.09 Å². The van der Waals surface area contributed by atoms with Crippen molar-refractivity contribution in [3.63, 3.8) is 0 Å². The Labute approximate surface area is 135 Å². The Morgan fingerprint density at radius 1 is 1.19 bits per heavy atom. The molecule has 1 heterocycles. The third kappa shape index (κ3) is 4.92. The summed E-state index contributed by atoms with van der Waals surface area (Å²) in [6.45, 7) is 8.93. The molecule has 0 radical (unpaired) electrons. The van der Waals surface area contributed by atoms with Crippen molar-refractivity contribution >= 4 is 27.7 Å². The molecule has 1 saturated heterocycles. The molecule has 0 aliphatic carbocycles. The minimum atomic E-state index is -0.437. The van der Waals surface area contributed by atoms with Crippen LogP contribution in [0.3, 0.4) is 0 Å². The van der Waals surface area contributed by atoms with Gasteiger partial charge in [0.25, 0.3) is 0 Å². The van der Waals surface area contributed by atoms with Crippen LogP contribution >= 0.6 is 15.9 Å². The Bertz CT molecular complexity index is 499. The quantitative estimate of drug-likeness (QED) is 0.766. The highest BCUT2D eigenvalue weighted by atomic mass is 79.9. The van der Waals surface area contributed by atoms with Gasteiger partial charge in [0.2, 0.25) is 0 Å². The smallest absolute Gasteiger partial charge is 0.410 e. The summed E-state index contributed by atoms with van der Waals surface area (Å²) in [5.74, 6) is 0. The van der Waals surface area contributed by atoms with Crippen LogP contribution in [0, 0.1) is 0 Å². The van der Waals surface area contributed by atoms with Gasteiger partial charge in [-0.05, 0) is 45.4 Å². The molecule has 116 valence electrons. The molecule has 0 bridgehead atoms. The van der Waals surface area contributed by atoms with Crippen LogP contribution in [0.25, 0.3) is 0 Å². The standard InChI is InChI=1S/C16H23BrN2O2/c1-16(2,3)21-15(20)19-9-5-8-18(10-11-19)14-7-4-6-13(17)12-14/h4,6-7,12H,5,8-11H2,1-3H3. The second-order valence-electron chi connectivity index (χ2n) is 6.29. The summed E-state index contributed by atoms with van der Waals surface area (Å²) in [7, 11) is 0. The van der Waals surface area contributed by atoms with Gasteiger partial charge in [0.15, 0.2) is 0 Å². The molecule has 0 spiro atoms. The number of carbonyl (C=O) groups excluding carboxylic acids is 1. The van der Waals surface area contributed by atoms with Gasteiger partial charge in [-0.1, -0.05) is 22.0 Å². The Morgan fingerprint density at radius 3 is 2.62 bits per heavy atom. The van der Waals surface area contributed by atoms with Gasteiger partial charge in [-0.15, -0.1) is 0 Å². The molecule has 1 aromatic carbocycles. The van der Waals surface area contributed by atoms with Crippen LogP contribution in [0.5, 0.6) is 0 Å². The van der Waals surface area contributed by atoms with E-state index in [4.69, 9.17) is 4.74 Å². The van der Waals surface area contributed by atoms with Crippen molar-refractivity contribution in [1.82, 2.24) is 4.90 Å². The van der Waals surface area contributed by atoms with Gasteiger partial charge in [0.05, 0.1) is 0 Å². The van der Waals surface area contributed by atoms with E-state index in [2.05, 4.69) is 33.0 Å². The molecular weight excluding hydrogens is 332 g/mol. The summed E-state index contributed by atoms with van der Waals surface area (Å²) in [4.78, 5) is 16.3. The Morgan fingerprint density at radius 2 is 1.95 bits per heavy atom. The Balaban J connectivity index is 1.97. The third-order valence-corrected chi connectivity index (χ3v) is 3.81. The normalized spacial score (nSPS) is 16.6. The number of amides is 1. The number of nitrogens with zero attached hydrogens (tertiary/aromatic N) is 2.